The molecule has 18 heavy (non-hydrogen) atoms. The quantitative estimate of drug-likeness (QED) is 0.890. The molecule has 2 N–H and O–H groups in total. The molecule has 0 aromatic carbocycles. The zero-order valence-corrected chi connectivity index (χ0v) is 11.0. The Balaban J connectivity index is 1.67. The standard InChI is InChI=1S/C13H17N3OS/c17-11(9-3-1-2-4-9)7-14-12-10-5-6-18-13(10)16-8-15-12/h5-6,8-9,11,17H,1-4,7H2,(H,14,15,16). The van der Waals surface area contributed by atoms with Gasteiger partial charge in [0.2, 0.25) is 0 Å². The average Bonchev–Trinajstić information content (AvgIpc) is 3.05. The van der Waals surface area contributed by atoms with Crippen LogP contribution in [0, 0.1) is 5.92 Å². The highest BCUT2D eigenvalue weighted by Gasteiger charge is 2.23. The van der Waals surface area contributed by atoms with Crippen LogP contribution in [0.3, 0.4) is 0 Å². The average molecular weight is 263 g/mol. The molecular weight excluding hydrogens is 246 g/mol. The van der Waals surface area contributed by atoms with Crippen LogP contribution in [0.4, 0.5) is 5.82 Å². The summed E-state index contributed by atoms with van der Waals surface area (Å²) < 4.78 is 0. The van der Waals surface area contributed by atoms with E-state index in [-0.39, 0.29) is 6.10 Å². The zero-order valence-electron chi connectivity index (χ0n) is 10.2. The lowest BCUT2D eigenvalue weighted by molar-refractivity contribution is 0.123. The minimum absolute atomic E-state index is 0.267. The van der Waals surface area contributed by atoms with Gasteiger partial charge in [-0.05, 0) is 30.2 Å². The first-order valence-electron chi connectivity index (χ1n) is 6.45. The number of rotatable bonds is 4. The first-order chi connectivity index (χ1) is 8.84. The summed E-state index contributed by atoms with van der Waals surface area (Å²) in [4.78, 5) is 9.45. The van der Waals surface area contributed by atoms with E-state index in [1.807, 2.05) is 11.4 Å². The van der Waals surface area contributed by atoms with Crippen LogP contribution in [-0.2, 0) is 0 Å². The van der Waals surface area contributed by atoms with Crippen molar-refractivity contribution < 1.29 is 5.11 Å². The minimum Gasteiger partial charge on any atom is -0.391 e. The number of aliphatic hydroxyl groups is 1. The second-order valence-electron chi connectivity index (χ2n) is 4.85. The SMILES string of the molecule is OC(CNc1ncnc2sccc12)C1CCCC1. The molecule has 1 atom stereocenters. The number of hydrogen-bond acceptors (Lipinski definition) is 5. The number of hydrogen-bond donors (Lipinski definition) is 2. The molecule has 1 aliphatic carbocycles. The summed E-state index contributed by atoms with van der Waals surface area (Å²) in [7, 11) is 0. The van der Waals surface area contributed by atoms with Gasteiger partial charge in [0.15, 0.2) is 0 Å². The molecule has 2 aromatic rings. The fraction of sp³-hybridized carbons (Fsp3) is 0.538. The molecule has 3 rings (SSSR count). The van der Waals surface area contributed by atoms with Crippen molar-refractivity contribution >= 4 is 27.4 Å². The Bertz CT molecular complexity index is 522. The van der Waals surface area contributed by atoms with Crippen molar-refractivity contribution in [1.82, 2.24) is 9.97 Å². The van der Waals surface area contributed by atoms with E-state index in [2.05, 4.69) is 15.3 Å². The fourth-order valence-electron chi connectivity index (χ4n) is 2.64. The Hall–Kier alpha value is -1.20. The molecule has 4 nitrogen and oxygen atoms in total. The molecule has 1 fully saturated rings. The number of nitrogens with zero attached hydrogens (tertiary/aromatic N) is 2. The highest BCUT2D eigenvalue weighted by atomic mass is 32.1. The number of anilines is 1. The van der Waals surface area contributed by atoms with Gasteiger partial charge < -0.3 is 10.4 Å². The number of aromatic nitrogens is 2. The summed E-state index contributed by atoms with van der Waals surface area (Å²) in [6.07, 6.45) is 6.12. The van der Waals surface area contributed by atoms with Crippen LogP contribution >= 0.6 is 11.3 Å². The fourth-order valence-corrected chi connectivity index (χ4v) is 3.37. The molecule has 2 heterocycles. The van der Waals surface area contributed by atoms with Gasteiger partial charge in [-0.1, -0.05) is 12.8 Å². The van der Waals surface area contributed by atoms with Crippen LogP contribution in [-0.4, -0.2) is 27.7 Å². The topological polar surface area (TPSA) is 58.0 Å². The van der Waals surface area contributed by atoms with Gasteiger partial charge in [-0.2, -0.15) is 0 Å². The molecule has 0 saturated heterocycles. The van der Waals surface area contributed by atoms with Crippen molar-refractivity contribution in [2.24, 2.45) is 5.92 Å². The van der Waals surface area contributed by atoms with Gasteiger partial charge in [-0.3, -0.25) is 0 Å². The third-order valence-electron chi connectivity index (χ3n) is 3.68. The van der Waals surface area contributed by atoms with Crippen LogP contribution in [0.2, 0.25) is 0 Å². The van der Waals surface area contributed by atoms with Gasteiger partial charge in [0, 0.05) is 6.54 Å². The Morgan fingerprint density at radius 3 is 3.06 bits per heavy atom. The molecular formula is C13H17N3OS. The van der Waals surface area contributed by atoms with Crippen molar-refractivity contribution in [2.45, 2.75) is 31.8 Å². The van der Waals surface area contributed by atoms with Crippen molar-refractivity contribution in [2.75, 3.05) is 11.9 Å². The lowest BCUT2D eigenvalue weighted by Gasteiger charge is -2.18. The Labute approximate surface area is 110 Å². The van der Waals surface area contributed by atoms with Crippen molar-refractivity contribution in [1.29, 1.82) is 0 Å². The maximum atomic E-state index is 10.1. The maximum absolute atomic E-state index is 10.1. The largest absolute Gasteiger partial charge is 0.391 e. The van der Waals surface area contributed by atoms with E-state index in [0.29, 0.717) is 12.5 Å². The third-order valence-corrected chi connectivity index (χ3v) is 4.51. The maximum Gasteiger partial charge on any atom is 0.138 e. The summed E-state index contributed by atoms with van der Waals surface area (Å²) in [6.45, 7) is 0.576. The van der Waals surface area contributed by atoms with Gasteiger partial charge in [0.25, 0.3) is 0 Å². The van der Waals surface area contributed by atoms with E-state index in [0.717, 1.165) is 28.9 Å². The summed E-state index contributed by atoms with van der Waals surface area (Å²) in [5.41, 5.74) is 0. The number of nitrogens with one attached hydrogen (secondary N) is 1. The molecule has 0 spiro atoms. The van der Waals surface area contributed by atoms with Gasteiger partial charge in [0.1, 0.15) is 17.0 Å². The third kappa shape index (κ3) is 2.33. The lowest BCUT2D eigenvalue weighted by atomic mass is 10.0. The lowest BCUT2D eigenvalue weighted by Crippen LogP contribution is -2.27. The molecule has 0 aliphatic heterocycles. The van der Waals surface area contributed by atoms with Crippen LogP contribution in [0.5, 0.6) is 0 Å². The summed E-state index contributed by atoms with van der Waals surface area (Å²) >= 11 is 1.61. The monoisotopic (exact) mass is 263 g/mol. The van der Waals surface area contributed by atoms with Crippen molar-refractivity contribution in [3.63, 3.8) is 0 Å². The van der Waals surface area contributed by atoms with Crippen LogP contribution in [0.25, 0.3) is 10.2 Å². The summed E-state index contributed by atoms with van der Waals surface area (Å²) in [5, 5.41) is 16.4. The van der Waals surface area contributed by atoms with Crippen LogP contribution in [0.15, 0.2) is 17.8 Å². The molecule has 0 amide bonds. The molecule has 96 valence electrons. The number of aliphatic hydroxyl groups excluding tert-OH is 1. The van der Waals surface area contributed by atoms with Gasteiger partial charge in [-0.15, -0.1) is 11.3 Å². The van der Waals surface area contributed by atoms with Crippen molar-refractivity contribution in [3.05, 3.63) is 17.8 Å². The molecule has 2 aromatic heterocycles. The van der Waals surface area contributed by atoms with E-state index in [4.69, 9.17) is 0 Å². The second-order valence-corrected chi connectivity index (χ2v) is 5.75. The highest BCUT2D eigenvalue weighted by molar-refractivity contribution is 7.16. The first-order valence-corrected chi connectivity index (χ1v) is 7.32. The summed E-state index contributed by atoms with van der Waals surface area (Å²) in [6, 6.07) is 2.02. The van der Waals surface area contributed by atoms with Crippen LogP contribution < -0.4 is 5.32 Å². The minimum atomic E-state index is -0.267. The van der Waals surface area contributed by atoms with E-state index in [9.17, 15) is 5.11 Å². The molecule has 0 bridgehead atoms. The Morgan fingerprint density at radius 1 is 1.39 bits per heavy atom. The van der Waals surface area contributed by atoms with E-state index >= 15 is 0 Å². The summed E-state index contributed by atoms with van der Waals surface area (Å²) in [5.74, 6) is 1.29. The number of fused-ring (bicyclic) bond motifs is 1. The van der Waals surface area contributed by atoms with E-state index in [1.54, 1.807) is 17.7 Å². The van der Waals surface area contributed by atoms with E-state index in [1.165, 1.54) is 12.8 Å². The van der Waals surface area contributed by atoms with Gasteiger partial charge in [-0.25, -0.2) is 9.97 Å². The molecule has 1 saturated carbocycles. The Morgan fingerprint density at radius 2 is 2.22 bits per heavy atom. The normalized spacial score (nSPS) is 18.3. The zero-order chi connectivity index (χ0) is 12.4. The van der Waals surface area contributed by atoms with Crippen molar-refractivity contribution in [3.8, 4) is 0 Å². The van der Waals surface area contributed by atoms with E-state index < -0.39 is 0 Å². The molecule has 0 radical (unpaired) electrons. The predicted molar refractivity (Wildman–Crippen MR) is 73.9 cm³/mol. The van der Waals surface area contributed by atoms with Crippen LogP contribution in [0.1, 0.15) is 25.7 Å². The van der Waals surface area contributed by atoms with Gasteiger partial charge >= 0.3 is 0 Å². The molecule has 1 aliphatic rings. The van der Waals surface area contributed by atoms with Gasteiger partial charge in [0.05, 0.1) is 11.5 Å². The molecule has 1 unspecified atom stereocenters. The highest BCUT2D eigenvalue weighted by Crippen LogP contribution is 2.28. The first kappa shape index (κ1) is 11.9. The smallest absolute Gasteiger partial charge is 0.138 e. The second kappa shape index (κ2) is 5.20. The predicted octanol–water partition coefficient (Wildman–Crippen LogP) is 2.65. The Kier molecular flexibility index (Phi) is 3.43. The molecule has 5 heteroatoms. The number of thiophene rings is 1.